The average molecular weight is 304 g/mol. The third-order valence-corrected chi connectivity index (χ3v) is 1.94. The summed E-state index contributed by atoms with van der Waals surface area (Å²) in [4.78, 5) is 19.2. The Morgan fingerprint density at radius 1 is 1.00 bits per heavy atom. The van der Waals surface area contributed by atoms with Crippen LogP contribution in [0.2, 0.25) is 0 Å². The summed E-state index contributed by atoms with van der Waals surface area (Å²) < 4.78 is 0. The SMILES string of the molecule is C=C(C)C(=O)O.C=C(C)C(=O)O.CC(C)CC(O)CCO. The Kier molecular flexibility index (Phi) is 17.1. The fraction of sp³-hybridized carbons (Fsp3) is 0.600. The molecule has 0 aromatic heterocycles. The molecule has 0 heterocycles. The predicted molar refractivity (Wildman–Crippen MR) is 82.1 cm³/mol. The molecular weight excluding hydrogens is 276 g/mol. The minimum Gasteiger partial charge on any atom is -0.478 e. The topological polar surface area (TPSA) is 115 Å². The highest BCUT2D eigenvalue weighted by atomic mass is 16.4. The van der Waals surface area contributed by atoms with Gasteiger partial charge in [-0.2, -0.15) is 0 Å². The van der Waals surface area contributed by atoms with E-state index in [2.05, 4.69) is 27.0 Å². The van der Waals surface area contributed by atoms with Crippen molar-refractivity contribution in [2.45, 2.75) is 46.6 Å². The lowest BCUT2D eigenvalue weighted by Gasteiger charge is -2.10. The Balaban J connectivity index is -0.000000240. The molecule has 6 heteroatoms. The van der Waals surface area contributed by atoms with Crippen molar-refractivity contribution in [3.05, 3.63) is 24.3 Å². The lowest BCUT2D eigenvalue weighted by molar-refractivity contribution is -0.133. The monoisotopic (exact) mass is 304 g/mol. The summed E-state index contributed by atoms with van der Waals surface area (Å²) in [7, 11) is 0. The molecule has 0 aliphatic heterocycles. The summed E-state index contributed by atoms with van der Waals surface area (Å²) in [6, 6.07) is 0. The zero-order chi connectivity index (χ0) is 17.6. The molecule has 1 atom stereocenters. The van der Waals surface area contributed by atoms with Gasteiger partial charge < -0.3 is 20.4 Å². The second-order valence-electron chi connectivity index (χ2n) is 4.97. The van der Waals surface area contributed by atoms with Gasteiger partial charge in [-0.15, -0.1) is 0 Å². The van der Waals surface area contributed by atoms with Crippen LogP contribution in [0.1, 0.15) is 40.5 Å². The van der Waals surface area contributed by atoms with Gasteiger partial charge in [-0.05, 0) is 32.6 Å². The molecule has 0 amide bonds. The first-order valence-corrected chi connectivity index (χ1v) is 6.52. The number of hydrogen-bond acceptors (Lipinski definition) is 4. The van der Waals surface area contributed by atoms with E-state index in [1.165, 1.54) is 13.8 Å². The molecule has 0 radical (unpaired) electrons. The molecule has 4 N–H and O–H groups in total. The first-order chi connectivity index (χ1) is 9.45. The average Bonchev–Trinajstić information content (AvgIpc) is 2.29. The van der Waals surface area contributed by atoms with Crippen molar-refractivity contribution in [3.63, 3.8) is 0 Å². The maximum absolute atomic E-state index is 9.60. The minimum absolute atomic E-state index is 0.0912. The molecule has 0 aromatic rings. The second-order valence-corrected chi connectivity index (χ2v) is 4.97. The van der Waals surface area contributed by atoms with Crippen LogP contribution in [0.4, 0.5) is 0 Å². The van der Waals surface area contributed by atoms with Crippen molar-refractivity contribution in [1.82, 2.24) is 0 Å². The zero-order valence-electron chi connectivity index (χ0n) is 13.3. The van der Waals surface area contributed by atoms with Crippen LogP contribution in [0.15, 0.2) is 24.3 Å². The first-order valence-electron chi connectivity index (χ1n) is 6.52. The third-order valence-electron chi connectivity index (χ3n) is 1.94. The fourth-order valence-corrected chi connectivity index (χ4v) is 0.811. The molecule has 1 unspecified atom stereocenters. The summed E-state index contributed by atoms with van der Waals surface area (Å²) >= 11 is 0. The van der Waals surface area contributed by atoms with E-state index in [0.717, 1.165) is 6.42 Å². The van der Waals surface area contributed by atoms with Crippen LogP contribution < -0.4 is 0 Å². The Labute approximate surface area is 126 Å². The van der Waals surface area contributed by atoms with Crippen LogP contribution >= 0.6 is 0 Å². The Bertz CT molecular complexity index is 285. The molecule has 0 rings (SSSR count). The molecule has 21 heavy (non-hydrogen) atoms. The van der Waals surface area contributed by atoms with Gasteiger partial charge in [-0.1, -0.05) is 27.0 Å². The maximum Gasteiger partial charge on any atom is 0.330 e. The Morgan fingerprint density at radius 3 is 1.43 bits per heavy atom. The number of aliphatic carboxylic acids is 2. The Morgan fingerprint density at radius 2 is 1.29 bits per heavy atom. The van der Waals surface area contributed by atoms with E-state index in [0.29, 0.717) is 12.3 Å². The summed E-state index contributed by atoms with van der Waals surface area (Å²) in [6.45, 7) is 13.4. The number of aliphatic hydroxyl groups excluding tert-OH is 2. The quantitative estimate of drug-likeness (QED) is 0.558. The lowest BCUT2D eigenvalue weighted by atomic mass is 10.0. The smallest absolute Gasteiger partial charge is 0.330 e. The van der Waals surface area contributed by atoms with Crippen molar-refractivity contribution in [2.75, 3.05) is 6.61 Å². The van der Waals surface area contributed by atoms with Crippen LogP contribution in [0, 0.1) is 5.92 Å². The standard InChI is InChI=1S/C7H16O2.2C4H6O2/c1-6(2)5-7(9)3-4-8;2*1-3(2)4(5)6/h6-9H,3-5H2,1-2H3;2*1H2,2H3,(H,5,6). The normalized spacial score (nSPS) is 10.4. The van der Waals surface area contributed by atoms with Crippen molar-refractivity contribution < 1.29 is 30.0 Å². The van der Waals surface area contributed by atoms with Crippen LogP contribution in [-0.2, 0) is 9.59 Å². The van der Waals surface area contributed by atoms with E-state index in [1.54, 1.807) is 0 Å². The molecule has 0 bridgehead atoms. The molecular formula is C15H28O6. The maximum atomic E-state index is 9.60. The van der Waals surface area contributed by atoms with E-state index >= 15 is 0 Å². The summed E-state index contributed by atoms with van der Waals surface area (Å²) in [5, 5.41) is 33.2. The van der Waals surface area contributed by atoms with E-state index in [-0.39, 0.29) is 23.9 Å². The van der Waals surface area contributed by atoms with E-state index in [1.807, 2.05) is 0 Å². The third kappa shape index (κ3) is 27.5. The van der Waals surface area contributed by atoms with Gasteiger partial charge in [0.05, 0.1) is 6.10 Å². The highest BCUT2D eigenvalue weighted by molar-refractivity contribution is 5.85. The van der Waals surface area contributed by atoms with Crippen LogP contribution in [-0.4, -0.2) is 45.1 Å². The van der Waals surface area contributed by atoms with Crippen LogP contribution in [0.5, 0.6) is 0 Å². The summed E-state index contributed by atoms with van der Waals surface area (Å²) in [5.74, 6) is -1.35. The van der Waals surface area contributed by atoms with Gasteiger partial charge in [-0.3, -0.25) is 0 Å². The van der Waals surface area contributed by atoms with Crippen molar-refractivity contribution in [3.8, 4) is 0 Å². The fourth-order valence-electron chi connectivity index (χ4n) is 0.811. The van der Waals surface area contributed by atoms with Crippen molar-refractivity contribution >= 4 is 11.9 Å². The second kappa shape index (κ2) is 14.7. The molecule has 6 nitrogen and oxygen atoms in total. The molecule has 0 aliphatic rings. The number of carbonyl (C=O) groups is 2. The van der Waals surface area contributed by atoms with Gasteiger partial charge in [0.2, 0.25) is 0 Å². The van der Waals surface area contributed by atoms with Gasteiger partial charge in [0, 0.05) is 17.8 Å². The molecule has 0 spiro atoms. The van der Waals surface area contributed by atoms with Gasteiger partial charge in [0.25, 0.3) is 0 Å². The van der Waals surface area contributed by atoms with Gasteiger partial charge in [0.15, 0.2) is 0 Å². The molecule has 124 valence electrons. The first kappa shape index (κ1) is 24.4. The minimum atomic E-state index is -0.935. The highest BCUT2D eigenvalue weighted by Gasteiger charge is 2.04. The van der Waals surface area contributed by atoms with Gasteiger partial charge in [0.1, 0.15) is 0 Å². The summed E-state index contributed by atoms with van der Waals surface area (Å²) in [5.41, 5.74) is 0.352. The number of aliphatic hydroxyl groups is 2. The highest BCUT2D eigenvalue weighted by Crippen LogP contribution is 2.06. The van der Waals surface area contributed by atoms with Gasteiger partial charge in [-0.25, -0.2) is 9.59 Å². The predicted octanol–water partition coefficient (Wildman–Crippen LogP) is 2.07. The molecule has 0 saturated carbocycles. The number of rotatable bonds is 6. The summed E-state index contributed by atoms with van der Waals surface area (Å²) in [6.07, 6.45) is 0.994. The largest absolute Gasteiger partial charge is 0.478 e. The number of hydrogen-bond donors (Lipinski definition) is 4. The van der Waals surface area contributed by atoms with Crippen molar-refractivity contribution in [2.24, 2.45) is 5.92 Å². The molecule has 0 saturated heterocycles. The van der Waals surface area contributed by atoms with Gasteiger partial charge >= 0.3 is 11.9 Å². The van der Waals surface area contributed by atoms with Crippen LogP contribution in [0.3, 0.4) is 0 Å². The molecule has 0 aliphatic carbocycles. The zero-order valence-corrected chi connectivity index (χ0v) is 13.3. The molecule has 0 aromatic carbocycles. The van der Waals surface area contributed by atoms with Crippen LogP contribution in [0.25, 0.3) is 0 Å². The van der Waals surface area contributed by atoms with E-state index in [4.69, 9.17) is 20.4 Å². The lowest BCUT2D eigenvalue weighted by Crippen LogP contribution is -2.11. The molecule has 0 fully saturated rings. The number of carboxylic acid groups (broad SMARTS) is 2. The Hall–Kier alpha value is -1.66. The van der Waals surface area contributed by atoms with Crippen molar-refractivity contribution in [1.29, 1.82) is 0 Å². The van der Waals surface area contributed by atoms with E-state index < -0.39 is 11.9 Å². The number of carboxylic acids is 2. The van der Waals surface area contributed by atoms with E-state index in [9.17, 15) is 9.59 Å².